The Bertz CT molecular complexity index is 834. The first-order valence-electron chi connectivity index (χ1n) is 9.41. The van der Waals surface area contributed by atoms with Crippen molar-refractivity contribution in [1.82, 2.24) is 0 Å². The van der Waals surface area contributed by atoms with Crippen LogP contribution in [0.5, 0.6) is 0 Å². The van der Waals surface area contributed by atoms with Gasteiger partial charge in [-0.25, -0.2) is 9.59 Å². The highest BCUT2D eigenvalue weighted by Gasteiger charge is 2.42. The van der Waals surface area contributed by atoms with Crippen molar-refractivity contribution in [2.45, 2.75) is 31.8 Å². The molecular weight excluding hydrogens is 374 g/mol. The van der Waals surface area contributed by atoms with Crippen LogP contribution < -0.4 is 5.32 Å². The molecule has 1 fully saturated rings. The molecule has 2 aromatic rings. The number of rotatable bonds is 7. The van der Waals surface area contributed by atoms with Crippen molar-refractivity contribution in [3.63, 3.8) is 0 Å². The zero-order valence-electron chi connectivity index (χ0n) is 16.7. The van der Waals surface area contributed by atoms with Gasteiger partial charge in [0.05, 0.1) is 11.1 Å². The second kappa shape index (κ2) is 9.07. The molecule has 0 amide bonds. The second-order valence-electron chi connectivity index (χ2n) is 7.10. The zero-order valence-corrected chi connectivity index (χ0v) is 16.7. The quantitative estimate of drug-likeness (QED) is 0.716. The minimum atomic E-state index is -0.866. The molecule has 2 atom stereocenters. The van der Waals surface area contributed by atoms with Gasteiger partial charge >= 0.3 is 11.9 Å². The Hall–Kier alpha value is -2.90. The average molecular weight is 399 g/mol. The summed E-state index contributed by atoms with van der Waals surface area (Å²) in [5.74, 6) is -1.77. The van der Waals surface area contributed by atoms with E-state index >= 15 is 0 Å². The van der Waals surface area contributed by atoms with Gasteiger partial charge in [0.25, 0.3) is 0 Å². The molecule has 7 nitrogen and oxygen atoms in total. The summed E-state index contributed by atoms with van der Waals surface area (Å²) >= 11 is 0. The van der Waals surface area contributed by atoms with Crippen molar-refractivity contribution >= 4 is 17.6 Å². The number of hydrogen-bond acceptors (Lipinski definition) is 7. The topological polar surface area (TPSA) is 83.1 Å². The van der Waals surface area contributed by atoms with Gasteiger partial charge in [0.2, 0.25) is 0 Å². The van der Waals surface area contributed by atoms with Crippen LogP contribution in [0.1, 0.15) is 34.6 Å². The fraction of sp³-hybridized carbons (Fsp3) is 0.364. The molecule has 1 aliphatic rings. The van der Waals surface area contributed by atoms with Gasteiger partial charge in [-0.1, -0.05) is 18.2 Å². The van der Waals surface area contributed by atoms with Crippen LogP contribution in [-0.2, 0) is 18.9 Å². The van der Waals surface area contributed by atoms with Gasteiger partial charge in [-0.2, -0.15) is 0 Å². The Morgan fingerprint density at radius 1 is 0.862 bits per heavy atom. The molecule has 7 heteroatoms. The zero-order chi connectivity index (χ0) is 20.9. The van der Waals surface area contributed by atoms with Crippen LogP contribution in [0.4, 0.5) is 5.69 Å². The number of ether oxygens (including phenoxy) is 4. The monoisotopic (exact) mass is 399 g/mol. The molecule has 0 bridgehead atoms. The summed E-state index contributed by atoms with van der Waals surface area (Å²) in [6, 6.07) is 15.7. The molecule has 0 spiro atoms. The lowest BCUT2D eigenvalue weighted by Crippen LogP contribution is -2.33. The molecule has 1 heterocycles. The third-order valence-corrected chi connectivity index (χ3v) is 4.46. The van der Waals surface area contributed by atoms with E-state index in [9.17, 15) is 9.59 Å². The summed E-state index contributed by atoms with van der Waals surface area (Å²) in [7, 11) is 1.80. The van der Waals surface area contributed by atoms with E-state index in [1.807, 2.05) is 6.07 Å². The Morgan fingerprint density at radius 3 is 1.83 bits per heavy atom. The Balaban J connectivity index is 1.56. The van der Waals surface area contributed by atoms with Crippen LogP contribution in [-0.4, -0.2) is 50.2 Å². The number of anilines is 1. The smallest absolute Gasteiger partial charge is 0.338 e. The molecule has 0 saturated carbocycles. The van der Waals surface area contributed by atoms with E-state index in [1.165, 1.54) is 0 Å². The lowest BCUT2D eigenvalue weighted by molar-refractivity contribution is -0.151. The van der Waals surface area contributed by atoms with Crippen molar-refractivity contribution in [2.75, 3.05) is 25.6 Å². The number of carbonyl (C=O) groups is 2. The molecular formula is C22H25NO6. The second-order valence-corrected chi connectivity index (χ2v) is 7.10. The Labute approximate surface area is 169 Å². The van der Waals surface area contributed by atoms with E-state index in [1.54, 1.807) is 69.4 Å². The number of nitrogens with one attached hydrogen (secondary N) is 1. The van der Waals surface area contributed by atoms with Gasteiger partial charge in [-0.3, -0.25) is 0 Å². The van der Waals surface area contributed by atoms with E-state index in [4.69, 9.17) is 18.9 Å². The van der Waals surface area contributed by atoms with Crippen LogP contribution in [0.15, 0.2) is 54.6 Å². The highest BCUT2D eigenvalue weighted by atomic mass is 16.8. The maximum absolute atomic E-state index is 12.3. The van der Waals surface area contributed by atoms with Gasteiger partial charge in [-0.05, 0) is 50.2 Å². The van der Waals surface area contributed by atoms with Crippen LogP contribution in [0.25, 0.3) is 0 Å². The first kappa shape index (κ1) is 20.8. The Kier molecular flexibility index (Phi) is 6.51. The largest absolute Gasteiger partial charge is 0.459 e. The lowest BCUT2D eigenvalue weighted by Gasteiger charge is -2.17. The number of benzene rings is 2. The lowest BCUT2D eigenvalue weighted by atomic mass is 10.2. The molecule has 0 radical (unpaired) electrons. The third-order valence-electron chi connectivity index (χ3n) is 4.46. The van der Waals surface area contributed by atoms with Crippen molar-refractivity contribution < 1.29 is 28.5 Å². The minimum absolute atomic E-state index is 0.00373. The van der Waals surface area contributed by atoms with Gasteiger partial charge in [0.15, 0.2) is 5.79 Å². The molecule has 2 aromatic carbocycles. The number of carbonyl (C=O) groups excluding carboxylic acids is 2. The number of esters is 2. The molecule has 1 aliphatic heterocycles. The molecule has 29 heavy (non-hydrogen) atoms. The fourth-order valence-corrected chi connectivity index (χ4v) is 3.02. The standard InChI is InChI=1S/C22H25NO6/c1-22(2)28-18(13-26-20(24)15-7-5-4-6-8-15)19(29-22)14-27-21(25)16-9-11-17(23-3)12-10-16/h4-12,18-19,23H,13-14H2,1-3H3/t18-,19-/m1/s1. The molecule has 1 N–H and O–H groups in total. The predicted octanol–water partition coefficient (Wildman–Crippen LogP) is 3.26. The first-order chi connectivity index (χ1) is 13.9. The van der Waals surface area contributed by atoms with Gasteiger partial charge in [0, 0.05) is 12.7 Å². The van der Waals surface area contributed by atoms with Crippen molar-refractivity contribution in [3.05, 3.63) is 65.7 Å². The van der Waals surface area contributed by atoms with E-state index in [0.717, 1.165) is 5.69 Å². The van der Waals surface area contributed by atoms with E-state index < -0.39 is 29.9 Å². The maximum Gasteiger partial charge on any atom is 0.338 e. The summed E-state index contributed by atoms with van der Waals surface area (Å²) in [5.41, 5.74) is 1.80. The van der Waals surface area contributed by atoms with Crippen LogP contribution in [0.3, 0.4) is 0 Å². The summed E-state index contributed by atoms with van der Waals surface area (Å²) in [4.78, 5) is 24.5. The fourth-order valence-electron chi connectivity index (χ4n) is 3.02. The van der Waals surface area contributed by atoms with Crippen LogP contribution >= 0.6 is 0 Å². The molecule has 3 rings (SSSR count). The third kappa shape index (κ3) is 5.56. The molecule has 1 saturated heterocycles. The van der Waals surface area contributed by atoms with Gasteiger partial charge < -0.3 is 24.3 Å². The summed E-state index contributed by atoms with van der Waals surface area (Å²) in [6.45, 7) is 3.51. The predicted molar refractivity (Wildman–Crippen MR) is 107 cm³/mol. The van der Waals surface area contributed by atoms with Crippen molar-refractivity contribution in [3.8, 4) is 0 Å². The normalized spacial score (nSPS) is 20.1. The van der Waals surface area contributed by atoms with Crippen LogP contribution in [0, 0.1) is 0 Å². The molecule has 0 aliphatic carbocycles. The average Bonchev–Trinajstić information content (AvgIpc) is 3.04. The Morgan fingerprint density at radius 2 is 1.34 bits per heavy atom. The van der Waals surface area contributed by atoms with E-state index in [0.29, 0.717) is 11.1 Å². The SMILES string of the molecule is CNc1ccc(C(=O)OC[C@H]2OC(C)(C)O[C@@H]2COC(=O)c2ccccc2)cc1. The number of hydrogen-bond donors (Lipinski definition) is 1. The highest BCUT2D eigenvalue weighted by Crippen LogP contribution is 2.29. The minimum Gasteiger partial charge on any atom is -0.459 e. The molecule has 154 valence electrons. The van der Waals surface area contributed by atoms with Gasteiger partial charge in [0.1, 0.15) is 25.4 Å². The maximum atomic E-state index is 12.3. The first-order valence-corrected chi connectivity index (χ1v) is 9.41. The van der Waals surface area contributed by atoms with E-state index in [2.05, 4.69) is 5.32 Å². The van der Waals surface area contributed by atoms with Gasteiger partial charge in [-0.15, -0.1) is 0 Å². The van der Waals surface area contributed by atoms with Crippen LogP contribution in [0.2, 0.25) is 0 Å². The summed E-state index contributed by atoms with van der Waals surface area (Å²) in [5, 5.41) is 2.99. The molecule has 0 aromatic heterocycles. The summed E-state index contributed by atoms with van der Waals surface area (Å²) < 4.78 is 22.4. The highest BCUT2D eigenvalue weighted by molar-refractivity contribution is 5.90. The van der Waals surface area contributed by atoms with Crippen molar-refractivity contribution in [1.29, 1.82) is 0 Å². The summed E-state index contributed by atoms with van der Waals surface area (Å²) in [6.07, 6.45) is -1.09. The van der Waals surface area contributed by atoms with Crippen molar-refractivity contribution in [2.24, 2.45) is 0 Å². The van der Waals surface area contributed by atoms with E-state index in [-0.39, 0.29) is 13.2 Å². The molecule has 0 unspecified atom stereocenters.